The number of nitrogens with one attached hydrogen (secondary N) is 1. The van der Waals surface area contributed by atoms with Gasteiger partial charge >= 0.3 is 5.69 Å². The fourth-order valence-electron chi connectivity index (χ4n) is 4.54. The maximum atomic E-state index is 12.5. The average Bonchev–Trinajstić information content (AvgIpc) is 3.42. The molecule has 4 rings (SSSR count). The Morgan fingerprint density at radius 3 is 2.80 bits per heavy atom. The monoisotopic (exact) mass is 433 g/mol. The standard InChI is InChI=1S/C20H31N7O2S/c1-30-19-23-22-16(27(19)15-8-4-5-9-15)11-7-12-21-18(28)14-26-20(29)25-13-6-2-3-10-17(25)24-26/h15H,2-14H2,1H3,(H,21,28). The van der Waals surface area contributed by atoms with Crippen LogP contribution in [0.3, 0.4) is 0 Å². The third kappa shape index (κ3) is 4.63. The van der Waals surface area contributed by atoms with E-state index in [1.54, 1.807) is 16.3 Å². The Balaban J connectivity index is 1.28. The second kappa shape index (κ2) is 9.80. The first-order valence-corrected chi connectivity index (χ1v) is 12.3. The maximum Gasteiger partial charge on any atom is 0.346 e. The molecule has 1 amide bonds. The fourth-order valence-corrected chi connectivity index (χ4v) is 5.11. The van der Waals surface area contributed by atoms with Crippen LogP contribution in [0, 0.1) is 0 Å². The van der Waals surface area contributed by atoms with E-state index >= 15 is 0 Å². The molecule has 1 saturated carbocycles. The molecule has 1 aliphatic carbocycles. The number of fused-ring (bicyclic) bond motifs is 1. The van der Waals surface area contributed by atoms with Gasteiger partial charge in [-0.25, -0.2) is 9.48 Å². The molecule has 2 aromatic rings. The molecular weight excluding hydrogens is 402 g/mol. The summed E-state index contributed by atoms with van der Waals surface area (Å²) in [6.07, 6.45) is 12.5. The highest BCUT2D eigenvalue weighted by Gasteiger charge is 2.23. The van der Waals surface area contributed by atoms with Crippen molar-refractivity contribution in [2.24, 2.45) is 0 Å². The lowest BCUT2D eigenvalue weighted by atomic mass is 10.2. The van der Waals surface area contributed by atoms with Gasteiger partial charge in [-0.2, -0.15) is 5.10 Å². The number of thioether (sulfide) groups is 1. The van der Waals surface area contributed by atoms with E-state index in [1.807, 2.05) is 6.26 Å². The molecule has 3 heterocycles. The molecule has 2 aromatic heterocycles. The minimum Gasteiger partial charge on any atom is -0.354 e. The Morgan fingerprint density at radius 1 is 1.17 bits per heavy atom. The summed E-state index contributed by atoms with van der Waals surface area (Å²) in [6, 6.07) is 0.509. The van der Waals surface area contributed by atoms with Gasteiger partial charge in [0.15, 0.2) is 5.16 Å². The number of hydrogen-bond donors (Lipinski definition) is 1. The highest BCUT2D eigenvalue weighted by Crippen LogP contribution is 2.33. The van der Waals surface area contributed by atoms with Crippen LogP contribution in [-0.4, -0.2) is 47.8 Å². The normalized spacial score (nSPS) is 17.1. The number of aromatic nitrogens is 6. The first-order valence-electron chi connectivity index (χ1n) is 11.1. The topological polar surface area (TPSA) is 99.6 Å². The summed E-state index contributed by atoms with van der Waals surface area (Å²) in [5, 5.41) is 17.0. The van der Waals surface area contributed by atoms with Crippen molar-refractivity contribution < 1.29 is 4.79 Å². The van der Waals surface area contributed by atoms with Gasteiger partial charge in [0.2, 0.25) is 5.91 Å². The zero-order valence-electron chi connectivity index (χ0n) is 17.7. The Hall–Kier alpha value is -2.10. The average molecular weight is 434 g/mol. The molecule has 0 unspecified atom stereocenters. The first kappa shape index (κ1) is 21.1. The van der Waals surface area contributed by atoms with Gasteiger partial charge in [-0.05, 0) is 38.4 Å². The van der Waals surface area contributed by atoms with Crippen molar-refractivity contribution in [3.63, 3.8) is 0 Å². The summed E-state index contributed by atoms with van der Waals surface area (Å²) in [5.41, 5.74) is -0.170. The summed E-state index contributed by atoms with van der Waals surface area (Å²) in [6.45, 7) is 1.23. The largest absolute Gasteiger partial charge is 0.354 e. The van der Waals surface area contributed by atoms with Crippen molar-refractivity contribution in [2.75, 3.05) is 12.8 Å². The highest BCUT2D eigenvalue weighted by molar-refractivity contribution is 7.98. The number of carbonyl (C=O) groups excluding carboxylic acids is 1. The quantitative estimate of drug-likeness (QED) is 0.505. The van der Waals surface area contributed by atoms with Gasteiger partial charge in [0.25, 0.3) is 0 Å². The van der Waals surface area contributed by atoms with Crippen LogP contribution in [0.2, 0.25) is 0 Å². The zero-order valence-corrected chi connectivity index (χ0v) is 18.5. The van der Waals surface area contributed by atoms with E-state index in [0.29, 0.717) is 19.1 Å². The maximum absolute atomic E-state index is 12.5. The molecular formula is C20H31N7O2S. The van der Waals surface area contributed by atoms with Crippen LogP contribution in [0.5, 0.6) is 0 Å². The Bertz CT molecular complexity index is 926. The third-order valence-corrected chi connectivity index (χ3v) is 6.73. The van der Waals surface area contributed by atoms with E-state index in [0.717, 1.165) is 55.3 Å². The smallest absolute Gasteiger partial charge is 0.346 e. The zero-order chi connectivity index (χ0) is 20.9. The van der Waals surface area contributed by atoms with Crippen molar-refractivity contribution in [2.45, 2.75) is 88.5 Å². The van der Waals surface area contributed by atoms with Crippen LogP contribution >= 0.6 is 11.8 Å². The number of carbonyl (C=O) groups is 1. The van der Waals surface area contributed by atoms with Crippen LogP contribution in [0.15, 0.2) is 9.95 Å². The van der Waals surface area contributed by atoms with Crippen molar-refractivity contribution in [3.8, 4) is 0 Å². The Morgan fingerprint density at radius 2 is 2.00 bits per heavy atom. The van der Waals surface area contributed by atoms with Crippen molar-refractivity contribution >= 4 is 17.7 Å². The van der Waals surface area contributed by atoms with Crippen LogP contribution in [0.1, 0.15) is 69.1 Å². The van der Waals surface area contributed by atoms with Crippen LogP contribution in [0.25, 0.3) is 0 Å². The molecule has 30 heavy (non-hydrogen) atoms. The van der Waals surface area contributed by atoms with Crippen LogP contribution in [0.4, 0.5) is 0 Å². The molecule has 0 radical (unpaired) electrons. The number of hydrogen-bond acceptors (Lipinski definition) is 6. The second-order valence-corrected chi connectivity index (χ2v) is 8.96. The molecule has 9 nitrogen and oxygen atoms in total. The highest BCUT2D eigenvalue weighted by atomic mass is 32.2. The first-order chi connectivity index (χ1) is 14.7. The van der Waals surface area contributed by atoms with Gasteiger partial charge < -0.3 is 9.88 Å². The summed E-state index contributed by atoms with van der Waals surface area (Å²) >= 11 is 1.64. The van der Waals surface area contributed by atoms with E-state index in [-0.39, 0.29) is 18.1 Å². The minimum absolute atomic E-state index is 0.0201. The predicted octanol–water partition coefficient (Wildman–Crippen LogP) is 1.95. The molecule has 0 spiro atoms. The van der Waals surface area contributed by atoms with Gasteiger partial charge in [-0.15, -0.1) is 10.2 Å². The van der Waals surface area contributed by atoms with Crippen molar-refractivity contribution in [3.05, 3.63) is 22.1 Å². The van der Waals surface area contributed by atoms with Gasteiger partial charge in [-0.1, -0.05) is 31.0 Å². The van der Waals surface area contributed by atoms with Crippen LogP contribution in [-0.2, 0) is 30.7 Å². The van der Waals surface area contributed by atoms with E-state index in [4.69, 9.17) is 0 Å². The lowest BCUT2D eigenvalue weighted by Crippen LogP contribution is -2.34. The van der Waals surface area contributed by atoms with E-state index < -0.39 is 0 Å². The molecule has 0 bridgehead atoms. The Kier molecular flexibility index (Phi) is 6.91. The molecule has 1 aliphatic heterocycles. The van der Waals surface area contributed by atoms with E-state index in [2.05, 4.69) is 25.2 Å². The van der Waals surface area contributed by atoms with Gasteiger partial charge in [0.1, 0.15) is 18.2 Å². The molecule has 0 aromatic carbocycles. The molecule has 1 fully saturated rings. The summed E-state index contributed by atoms with van der Waals surface area (Å²) in [4.78, 5) is 24.8. The van der Waals surface area contributed by atoms with E-state index in [9.17, 15) is 9.59 Å². The molecule has 164 valence electrons. The SMILES string of the molecule is CSc1nnc(CCCNC(=O)Cn2nc3n(c2=O)CCCCC3)n1C1CCCC1. The van der Waals surface area contributed by atoms with Gasteiger partial charge in [0.05, 0.1) is 0 Å². The molecule has 10 heteroatoms. The third-order valence-electron chi connectivity index (χ3n) is 6.08. The number of rotatable bonds is 8. The molecule has 2 aliphatic rings. The van der Waals surface area contributed by atoms with Crippen molar-refractivity contribution in [1.82, 2.24) is 34.4 Å². The lowest BCUT2D eigenvalue weighted by molar-refractivity contribution is -0.121. The second-order valence-electron chi connectivity index (χ2n) is 8.18. The van der Waals surface area contributed by atoms with Gasteiger partial charge in [0, 0.05) is 32.0 Å². The van der Waals surface area contributed by atoms with Crippen LogP contribution < -0.4 is 11.0 Å². The van der Waals surface area contributed by atoms with Crippen molar-refractivity contribution in [1.29, 1.82) is 0 Å². The molecule has 1 N–H and O–H groups in total. The fraction of sp³-hybridized carbons (Fsp3) is 0.750. The summed E-state index contributed by atoms with van der Waals surface area (Å²) < 4.78 is 5.33. The number of nitrogens with zero attached hydrogens (tertiary/aromatic N) is 6. The summed E-state index contributed by atoms with van der Waals surface area (Å²) in [5.74, 6) is 1.64. The lowest BCUT2D eigenvalue weighted by Gasteiger charge is -2.16. The molecule has 0 saturated heterocycles. The Labute approximate surface area is 180 Å². The van der Waals surface area contributed by atoms with Gasteiger partial charge in [-0.3, -0.25) is 9.36 Å². The molecule has 0 atom stereocenters. The van der Waals surface area contributed by atoms with E-state index in [1.165, 1.54) is 30.4 Å². The minimum atomic E-state index is -0.174. The number of amides is 1. The predicted molar refractivity (Wildman–Crippen MR) is 115 cm³/mol. The summed E-state index contributed by atoms with van der Waals surface area (Å²) in [7, 11) is 0. The number of aryl methyl sites for hydroxylation is 2.